The first-order chi connectivity index (χ1) is 11.1. The van der Waals surface area contributed by atoms with E-state index in [1.807, 2.05) is 13.0 Å². The molecular weight excluding hydrogens is 294 g/mol. The third-order valence-corrected chi connectivity index (χ3v) is 3.92. The molecule has 1 atom stereocenters. The van der Waals surface area contributed by atoms with Crippen molar-refractivity contribution in [1.82, 2.24) is 10.2 Å². The number of hydrogen-bond donors (Lipinski definition) is 3. The lowest BCUT2D eigenvalue weighted by atomic mass is 10.1. The Labute approximate surface area is 137 Å². The van der Waals surface area contributed by atoms with Crippen molar-refractivity contribution in [2.24, 2.45) is 5.73 Å². The molecule has 1 aromatic carbocycles. The van der Waals surface area contributed by atoms with Crippen LogP contribution < -0.4 is 15.8 Å². The van der Waals surface area contributed by atoms with Gasteiger partial charge in [-0.3, -0.25) is 4.79 Å². The van der Waals surface area contributed by atoms with Crippen molar-refractivity contribution in [1.29, 1.82) is 0 Å². The minimum absolute atomic E-state index is 0.235. The Morgan fingerprint density at radius 1 is 1.43 bits per heavy atom. The number of carbonyl (C=O) groups excluding carboxylic acids is 1. The molecule has 4 N–H and O–H groups in total. The van der Waals surface area contributed by atoms with E-state index >= 15 is 0 Å². The number of nitrogens with zero attached hydrogens (tertiary/aromatic N) is 1. The molecule has 6 heteroatoms. The lowest BCUT2D eigenvalue weighted by Crippen LogP contribution is -2.39. The number of aliphatic hydroxyl groups excluding tert-OH is 1. The van der Waals surface area contributed by atoms with Gasteiger partial charge in [0.1, 0.15) is 12.4 Å². The van der Waals surface area contributed by atoms with Crippen LogP contribution in [-0.2, 0) is 0 Å². The van der Waals surface area contributed by atoms with Crippen LogP contribution in [0.25, 0.3) is 0 Å². The Balaban J connectivity index is 1.89. The molecule has 1 amide bonds. The Hall–Kier alpha value is -1.63. The monoisotopic (exact) mass is 321 g/mol. The number of hydrogen-bond acceptors (Lipinski definition) is 5. The number of carbonyl (C=O) groups is 1. The molecule has 0 unspecified atom stereocenters. The van der Waals surface area contributed by atoms with Crippen LogP contribution in [0, 0.1) is 6.92 Å². The zero-order valence-electron chi connectivity index (χ0n) is 13.8. The normalized spacial score (nSPS) is 16.3. The number of aliphatic hydroxyl groups is 1. The lowest BCUT2D eigenvalue weighted by Gasteiger charge is -2.20. The number of amides is 1. The molecule has 1 aliphatic heterocycles. The summed E-state index contributed by atoms with van der Waals surface area (Å²) in [4.78, 5) is 14.6. The van der Waals surface area contributed by atoms with Crippen LogP contribution in [0.1, 0.15) is 28.8 Å². The summed E-state index contributed by atoms with van der Waals surface area (Å²) in [5.41, 5.74) is 6.90. The molecule has 0 radical (unpaired) electrons. The SMILES string of the molecule is Cc1ccc(OCCN)c(C(=O)NC[C@H](O)CN2CCCC2)c1. The minimum atomic E-state index is -0.560. The molecule has 0 saturated carbocycles. The van der Waals surface area contributed by atoms with Crippen LogP contribution in [0.15, 0.2) is 18.2 Å². The Morgan fingerprint density at radius 2 is 2.17 bits per heavy atom. The highest BCUT2D eigenvalue weighted by atomic mass is 16.5. The fourth-order valence-corrected chi connectivity index (χ4v) is 2.75. The van der Waals surface area contributed by atoms with Crippen molar-refractivity contribution >= 4 is 5.91 Å². The summed E-state index contributed by atoms with van der Waals surface area (Å²) in [6, 6.07) is 5.46. The van der Waals surface area contributed by atoms with Gasteiger partial charge in [0.2, 0.25) is 0 Å². The van der Waals surface area contributed by atoms with E-state index < -0.39 is 6.10 Å². The summed E-state index contributed by atoms with van der Waals surface area (Å²) in [6.07, 6.45) is 1.81. The molecule has 23 heavy (non-hydrogen) atoms. The van der Waals surface area contributed by atoms with Gasteiger partial charge in [0.15, 0.2) is 0 Å². The van der Waals surface area contributed by atoms with Crippen LogP contribution in [0.4, 0.5) is 0 Å². The second-order valence-corrected chi connectivity index (χ2v) is 6.01. The number of rotatable bonds is 8. The molecule has 1 aromatic rings. The largest absolute Gasteiger partial charge is 0.491 e. The zero-order chi connectivity index (χ0) is 16.7. The molecule has 2 rings (SSSR count). The van der Waals surface area contributed by atoms with Gasteiger partial charge in [-0.1, -0.05) is 11.6 Å². The maximum Gasteiger partial charge on any atom is 0.255 e. The fourth-order valence-electron chi connectivity index (χ4n) is 2.75. The first-order valence-electron chi connectivity index (χ1n) is 8.22. The van der Waals surface area contributed by atoms with E-state index in [1.165, 1.54) is 12.8 Å². The number of nitrogens with two attached hydrogens (primary N) is 1. The van der Waals surface area contributed by atoms with Gasteiger partial charge in [0.25, 0.3) is 5.91 Å². The van der Waals surface area contributed by atoms with Gasteiger partial charge in [0, 0.05) is 19.6 Å². The highest BCUT2D eigenvalue weighted by molar-refractivity contribution is 5.97. The number of aryl methyl sites for hydroxylation is 1. The van der Waals surface area contributed by atoms with Crippen LogP contribution in [0.2, 0.25) is 0 Å². The van der Waals surface area contributed by atoms with Gasteiger partial charge < -0.3 is 25.8 Å². The number of ether oxygens (including phenoxy) is 1. The second kappa shape index (κ2) is 8.86. The standard InChI is InChI=1S/C17H27N3O3/c1-13-4-5-16(23-9-6-18)15(10-13)17(22)19-11-14(21)12-20-7-2-3-8-20/h4-5,10,14,21H,2-3,6-9,11-12,18H2,1H3,(H,19,22)/t14-/m0/s1. The highest BCUT2D eigenvalue weighted by Crippen LogP contribution is 2.20. The maximum atomic E-state index is 12.4. The molecule has 1 heterocycles. The van der Waals surface area contributed by atoms with E-state index in [-0.39, 0.29) is 12.5 Å². The van der Waals surface area contributed by atoms with Crippen molar-refractivity contribution in [3.8, 4) is 5.75 Å². The minimum Gasteiger partial charge on any atom is -0.491 e. The summed E-state index contributed by atoms with van der Waals surface area (Å²) in [6.45, 7) is 5.57. The lowest BCUT2D eigenvalue weighted by molar-refractivity contribution is 0.0876. The summed E-state index contributed by atoms with van der Waals surface area (Å²) in [5.74, 6) is 0.286. The Morgan fingerprint density at radius 3 is 2.87 bits per heavy atom. The van der Waals surface area contributed by atoms with E-state index in [0.29, 0.717) is 31.0 Å². The molecule has 1 fully saturated rings. The van der Waals surface area contributed by atoms with Crippen molar-refractivity contribution in [2.45, 2.75) is 25.9 Å². The third kappa shape index (κ3) is 5.49. The molecule has 6 nitrogen and oxygen atoms in total. The number of nitrogens with one attached hydrogen (secondary N) is 1. The summed E-state index contributed by atoms with van der Waals surface area (Å²) in [7, 11) is 0. The molecule has 0 aliphatic carbocycles. The van der Waals surface area contributed by atoms with Crippen molar-refractivity contribution in [3.05, 3.63) is 29.3 Å². The average Bonchev–Trinajstić information content (AvgIpc) is 3.04. The molecule has 0 bridgehead atoms. The first kappa shape index (κ1) is 17.7. The van der Waals surface area contributed by atoms with Crippen LogP contribution in [-0.4, -0.2) is 61.3 Å². The Bertz CT molecular complexity index is 516. The summed E-state index contributed by atoms with van der Waals surface area (Å²) in [5, 5.41) is 12.9. The van der Waals surface area contributed by atoms with Gasteiger partial charge >= 0.3 is 0 Å². The van der Waals surface area contributed by atoms with Crippen LogP contribution in [0.5, 0.6) is 5.75 Å². The fraction of sp³-hybridized carbons (Fsp3) is 0.588. The van der Waals surface area contributed by atoms with E-state index in [1.54, 1.807) is 12.1 Å². The quantitative estimate of drug-likeness (QED) is 0.650. The molecule has 0 spiro atoms. The van der Waals surface area contributed by atoms with E-state index in [2.05, 4.69) is 10.2 Å². The van der Waals surface area contributed by atoms with E-state index in [4.69, 9.17) is 10.5 Å². The van der Waals surface area contributed by atoms with Gasteiger partial charge in [-0.25, -0.2) is 0 Å². The smallest absolute Gasteiger partial charge is 0.255 e. The third-order valence-electron chi connectivity index (χ3n) is 3.92. The maximum absolute atomic E-state index is 12.4. The summed E-state index contributed by atoms with van der Waals surface area (Å²) >= 11 is 0. The summed E-state index contributed by atoms with van der Waals surface area (Å²) < 4.78 is 5.52. The number of β-amino-alcohol motifs (C(OH)–C–C–N with tert-alkyl or cyclic N) is 1. The van der Waals surface area contributed by atoms with E-state index in [0.717, 1.165) is 18.7 Å². The van der Waals surface area contributed by atoms with Crippen molar-refractivity contribution in [2.75, 3.05) is 39.3 Å². The van der Waals surface area contributed by atoms with Crippen molar-refractivity contribution in [3.63, 3.8) is 0 Å². The highest BCUT2D eigenvalue weighted by Gasteiger charge is 2.18. The number of benzene rings is 1. The molecule has 1 saturated heterocycles. The van der Waals surface area contributed by atoms with Gasteiger partial charge in [-0.15, -0.1) is 0 Å². The molecule has 128 valence electrons. The average molecular weight is 321 g/mol. The Kier molecular flexibility index (Phi) is 6.83. The zero-order valence-corrected chi connectivity index (χ0v) is 13.8. The molecule has 0 aromatic heterocycles. The number of likely N-dealkylation sites (tertiary alicyclic amines) is 1. The molecule has 1 aliphatic rings. The van der Waals surface area contributed by atoms with Gasteiger partial charge in [0.05, 0.1) is 11.7 Å². The van der Waals surface area contributed by atoms with Gasteiger partial charge in [-0.2, -0.15) is 0 Å². The first-order valence-corrected chi connectivity index (χ1v) is 8.22. The van der Waals surface area contributed by atoms with Crippen LogP contribution >= 0.6 is 0 Å². The van der Waals surface area contributed by atoms with Gasteiger partial charge in [-0.05, 0) is 45.0 Å². The van der Waals surface area contributed by atoms with E-state index in [9.17, 15) is 9.90 Å². The predicted octanol–water partition coefficient (Wildman–Crippen LogP) is 0.519. The van der Waals surface area contributed by atoms with Crippen LogP contribution in [0.3, 0.4) is 0 Å². The molecular formula is C17H27N3O3. The topological polar surface area (TPSA) is 87.8 Å². The predicted molar refractivity (Wildman–Crippen MR) is 89.7 cm³/mol. The second-order valence-electron chi connectivity index (χ2n) is 6.01. The van der Waals surface area contributed by atoms with Crippen molar-refractivity contribution < 1.29 is 14.6 Å².